The molecule has 1 aromatic rings. The Morgan fingerprint density at radius 2 is 2.00 bits per heavy atom. The summed E-state index contributed by atoms with van der Waals surface area (Å²) in [6, 6.07) is 1.64. The van der Waals surface area contributed by atoms with Gasteiger partial charge in [-0.05, 0) is 5.92 Å². The van der Waals surface area contributed by atoms with E-state index in [2.05, 4.69) is 9.97 Å². The molecule has 80 valence electrons. The molecule has 0 saturated carbocycles. The fourth-order valence-corrected chi connectivity index (χ4v) is 1.04. The zero-order valence-electron chi connectivity index (χ0n) is 8.13. The lowest BCUT2D eigenvalue weighted by Crippen LogP contribution is -2.13. The van der Waals surface area contributed by atoms with Gasteiger partial charge in [-0.25, -0.2) is 9.97 Å². The third kappa shape index (κ3) is 2.43. The molecule has 6 heteroatoms. The third-order valence-corrected chi connectivity index (χ3v) is 1.80. The highest BCUT2D eigenvalue weighted by Crippen LogP contribution is 2.27. The van der Waals surface area contributed by atoms with Gasteiger partial charge in [0.1, 0.15) is 11.8 Å². The van der Waals surface area contributed by atoms with Gasteiger partial charge in [-0.1, -0.05) is 13.8 Å². The van der Waals surface area contributed by atoms with E-state index < -0.39 is 12.0 Å². The van der Waals surface area contributed by atoms with Gasteiger partial charge >= 0.3 is 6.18 Å². The van der Waals surface area contributed by atoms with E-state index >= 15 is 0 Å². The van der Waals surface area contributed by atoms with Gasteiger partial charge in [0.25, 0.3) is 0 Å². The number of hydrogen-bond acceptors (Lipinski definition) is 3. The Morgan fingerprint density at radius 1 is 1.40 bits per heavy atom. The van der Waals surface area contributed by atoms with E-state index in [1.807, 2.05) is 0 Å². The highest BCUT2D eigenvalue weighted by atomic mass is 19.4. The van der Waals surface area contributed by atoms with Crippen molar-refractivity contribution in [2.75, 3.05) is 0 Å². The van der Waals surface area contributed by atoms with Crippen LogP contribution >= 0.6 is 0 Å². The summed E-state index contributed by atoms with van der Waals surface area (Å²) < 4.78 is 36.6. The summed E-state index contributed by atoms with van der Waals surface area (Å²) in [5, 5.41) is 8.65. The van der Waals surface area contributed by atoms with Gasteiger partial charge in [-0.15, -0.1) is 0 Å². The van der Waals surface area contributed by atoms with Crippen LogP contribution in [0.4, 0.5) is 13.2 Å². The lowest BCUT2D eigenvalue weighted by atomic mass is 10.0. The van der Waals surface area contributed by atoms with Crippen molar-refractivity contribution in [1.29, 1.82) is 5.26 Å². The summed E-state index contributed by atoms with van der Waals surface area (Å²) in [5.74, 6) is -1.36. The molecule has 0 N–H and O–H groups in total. The van der Waals surface area contributed by atoms with Crippen LogP contribution in [0.1, 0.15) is 36.8 Å². The second-order valence-corrected chi connectivity index (χ2v) is 3.26. The highest BCUT2D eigenvalue weighted by Gasteiger charge is 2.35. The zero-order chi connectivity index (χ0) is 11.6. The molecule has 0 aliphatic rings. The topological polar surface area (TPSA) is 49.6 Å². The summed E-state index contributed by atoms with van der Waals surface area (Å²) in [5.41, 5.74) is 0.206. The number of halogens is 3. The minimum atomic E-state index is -4.61. The first-order chi connectivity index (χ1) is 6.86. The van der Waals surface area contributed by atoms with Crippen molar-refractivity contribution in [3.8, 4) is 6.07 Å². The van der Waals surface area contributed by atoms with E-state index in [-0.39, 0.29) is 11.6 Å². The molecule has 15 heavy (non-hydrogen) atoms. The molecule has 0 unspecified atom stereocenters. The average molecular weight is 215 g/mol. The fourth-order valence-electron chi connectivity index (χ4n) is 1.04. The predicted molar refractivity (Wildman–Crippen MR) is 45.8 cm³/mol. The van der Waals surface area contributed by atoms with Crippen LogP contribution in [0.3, 0.4) is 0 Å². The maximum atomic E-state index is 12.2. The lowest BCUT2D eigenvalue weighted by molar-refractivity contribution is -0.145. The third-order valence-electron chi connectivity index (χ3n) is 1.80. The van der Waals surface area contributed by atoms with Gasteiger partial charge in [0, 0.05) is 11.8 Å². The molecule has 1 heterocycles. The minimum Gasteiger partial charge on any atom is -0.233 e. The van der Waals surface area contributed by atoms with E-state index in [1.54, 1.807) is 19.9 Å². The van der Waals surface area contributed by atoms with Crippen LogP contribution in [0.25, 0.3) is 0 Å². The molecular formula is C9H8F3N3. The Hall–Kier alpha value is -1.64. The Labute approximate surface area is 84.6 Å². The van der Waals surface area contributed by atoms with E-state index in [4.69, 9.17) is 5.26 Å². The first-order valence-electron chi connectivity index (χ1n) is 4.20. The second-order valence-electron chi connectivity index (χ2n) is 3.26. The molecule has 0 radical (unpaired) electrons. The lowest BCUT2D eigenvalue weighted by Gasteiger charge is -2.09. The molecule has 0 aliphatic heterocycles. The van der Waals surface area contributed by atoms with Crippen LogP contribution in [0.15, 0.2) is 6.20 Å². The molecule has 0 saturated heterocycles. The normalized spacial score (nSPS) is 11.5. The predicted octanol–water partition coefficient (Wildman–Crippen LogP) is 2.49. The molecule has 1 aromatic heterocycles. The summed E-state index contributed by atoms with van der Waals surface area (Å²) in [4.78, 5) is 6.38. The SMILES string of the molecule is CC(C)c1cnc(C(F)(F)F)nc1C#N. The molecule has 0 amide bonds. The van der Waals surface area contributed by atoms with Crippen molar-refractivity contribution in [3.05, 3.63) is 23.3 Å². The first kappa shape index (κ1) is 11.4. The van der Waals surface area contributed by atoms with Crippen molar-refractivity contribution in [1.82, 2.24) is 9.97 Å². The van der Waals surface area contributed by atoms with Crippen molar-refractivity contribution in [2.45, 2.75) is 25.9 Å². The van der Waals surface area contributed by atoms with Crippen molar-refractivity contribution < 1.29 is 13.2 Å². The fraction of sp³-hybridized carbons (Fsp3) is 0.444. The smallest absolute Gasteiger partial charge is 0.233 e. The molecule has 0 fully saturated rings. The summed E-state index contributed by atoms with van der Waals surface area (Å²) in [6.45, 7) is 3.51. The Kier molecular flexibility index (Phi) is 2.93. The Morgan fingerprint density at radius 3 is 2.40 bits per heavy atom. The van der Waals surface area contributed by atoms with E-state index in [0.717, 1.165) is 6.20 Å². The maximum absolute atomic E-state index is 12.2. The number of nitrogens with zero attached hydrogens (tertiary/aromatic N) is 3. The second kappa shape index (κ2) is 3.85. The first-order valence-corrected chi connectivity index (χ1v) is 4.20. The monoisotopic (exact) mass is 215 g/mol. The number of nitriles is 1. The van der Waals surface area contributed by atoms with Gasteiger partial charge in [0.2, 0.25) is 5.82 Å². The van der Waals surface area contributed by atoms with E-state index in [9.17, 15) is 13.2 Å². The number of aromatic nitrogens is 2. The molecule has 1 rings (SSSR count). The summed E-state index contributed by atoms with van der Waals surface area (Å²) in [6.07, 6.45) is -3.56. The number of hydrogen-bond donors (Lipinski definition) is 0. The molecule has 0 spiro atoms. The van der Waals surface area contributed by atoms with Crippen molar-refractivity contribution in [2.24, 2.45) is 0 Å². The highest BCUT2D eigenvalue weighted by molar-refractivity contribution is 5.31. The standard InChI is InChI=1S/C9H8F3N3/c1-5(2)6-4-14-8(9(10,11)12)15-7(6)3-13/h4-5H,1-2H3. The molecule has 3 nitrogen and oxygen atoms in total. The summed E-state index contributed by atoms with van der Waals surface area (Å²) in [7, 11) is 0. The zero-order valence-corrected chi connectivity index (χ0v) is 8.13. The largest absolute Gasteiger partial charge is 0.451 e. The minimum absolute atomic E-state index is 0.0815. The van der Waals surface area contributed by atoms with Gasteiger partial charge in [0.05, 0.1) is 0 Å². The maximum Gasteiger partial charge on any atom is 0.451 e. The van der Waals surface area contributed by atoms with E-state index in [0.29, 0.717) is 5.56 Å². The van der Waals surface area contributed by atoms with Gasteiger partial charge in [-0.3, -0.25) is 0 Å². The number of alkyl halides is 3. The molecule has 0 aliphatic carbocycles. The van der Waals surface area contributed by atoms with Crippen LogP contribution in [-0.2, 0) is 6.18 Å². The van der Waals surface area contributed by atoms with Crippen LogP contribution < -0.4 is 0 Å². The molecule has 0 aromatic carbocycles. The van der Waals surface area contributed by atoms with Crippen molar-refractivity contribution >= 4 is 0 Å². The van der Waals surface area contributed by atoms with Gasteiger partial charge < -0.3 is 0 Å². The quantitative estimate of drug-likeness (QED) is 0.723. The van der Waals surface area contributed by atoms with Gasteiger partial charge in [-0.2, -0.15) is 18.4 Å². The average Bonchev–Trinajstić information content (AvgIpc) is 2.15. The van der Waals surface area contributed by atoms with Crippen LogP contribution in [0.5, 0.6) is 0 Å². The molecule has 0 atom stereocenters. The van der Waals surface area contributed by atoms with Crippen LogP contribution in [0, 0.1) is 11.3 Å². The van der Waals surface area contributed by atoms with Crippen molar-refractivity contribution in [3.63, 3.8) is 0 Å². The Balaban J connectivity index is 3.27. The van der Waals surface area contributed by atoms with Crippen LogP contribution in [0.2, 0.25) is 0 Å². The Bertz CT molecular complexity index is 404. The molecular weight excluding hydrogens is 207 g/mol. The van der Waals surface area contributed by atoms with Crippen LogP contribution in [-0.4, -0.2) is 9.97 Å². The van der Waals surface area contributed by atoms with E-state index in [1.165, 1.54) is 0 Å². The van der Waals surface area contributed by atoms with Gasteiger partial charge in [0.15, 0.2) is 0 Å². The number of rotatable bonds is 1. The summed E-state index contributed by atoms with van der Waals surface area (Å²) >= 11 is 0. The molecule has 0 bridgehead atoms.